The predicted molar refractivity (Wildman–Crippen MR) is 125 cm³/mol. The molecule has 10 heteroatoms. The maximum Gasteiger partial charge on any atom is 0.301 e. The fraction of sp³-hybridized carbons (Fsp3) is 0.0870. The van der Waals surface area contributed by atoms with Crippen LogP contribution < -0.4 is 15.7 Å². The first-order valence-electron chi connectivity index (χ1n) is 9.87. The number of nitrogens with one attached hydrogen (secondary N) is 1. The van der Waals surface area contributed by atoms with Crippen LogP contribution in [-0.2, 0) is 0 Å². The quantitative estimate of drug-likeness (QED) is 0.330. The Bertz CT molecular complexity index is 1430. The van der Waals surface area contributed by atoms with Gasteiger partial charge in [0.15, 0.2) is 0 Å². The van der Waals surface area contributed by atoms with Crippen LogP contribution in [0.1, 0.15) is 0 Å². The molecule has 1 N–H and O–H groups in total. The van der Waals surface area contributed by atoms with Crippen LogP contribution in [-0.4, -0.2) is 23.9 Å². The van der Waals surface area contributed by atoms with E-state index < -0.39 is 15.5 Å². The molecule has 0 radical (unpaired) electrons. The molecule has 0 spiro atoms. The molecule has 0 atom stereocenters. The molecule has 4 rings (SSSR count). The monoisotopic (exact) mass is 445 g/mol. The molecule has 10 nitrogen and oxygen atoms in total. The van der Waals surface area contributed by atoms with Crippen LogP contribution in [0.4, 0.5) is 22.7 Å². The minimum atomic E-state index is -0.693. The third-order valence-corrected chi connectivity index (χ3v) is 5.00. The van der Waals surface area contributed by atoms with Gasteiger partial charge < -0.3 is 9.32 Å². The number of nitro benzene ring substituents is 2. The van der Waals surface area contributed by atoms with Crippen LogP contribution in [0.25, 0.3) is 22.3 Å². The van der Waals surface area contributed by atoms with Gasteiger partial charge >= 0.3 is 5.69 Å². The van der Waals surface area contributed by atoms with E-state index in [1.165, 1.54) is 12.1 Å². The second kappa shape index (κ2) is 8.79. The fourth-order valence-electron chi connectivity index (χ4n) is 3.28. The number of hydrogen-bond acceptors (Lipinski definition) is 8. The highest BCUT2D eigenvalue weighted by Gasteiger charge is 2.19. The van der Waals surface area contributed by atoms with Crippen molar-refractivity contribution >= 4 is 33.7 Å². The van der Waals surface area contributed by atoms with Gasteiger partial charge in [0.2, 0.25) is 0 Å². The van der Waals surface area contributed by atoms with Gasteiger partial charge in [0, 0.05) is 42.9 Å². The zero-order valence-corrected chi connectivity index (χ0v) is 17.8. The average molecular weight is 445 g/mol. The summed E-state index contributed by atoms with van der Waals surface area (Å²) in [7, 11) is 3.91. The van der Waals surface area contributed by atoms with Crippen LogP contribution >= 0.6 is 0 Å². The first kappa shape index (κ1) is 21.5. The van der Waals surface area contributed by atoms with Crippen molar-refractivity contribution in [2.24, 2.45) is 5.10 Å². The Hall–Kier alpha value is -4.73. The van der Waals surface area contributed by atoms with Gasteiger partial charge in [0.25, 0.3) is 5.69 Å². The molecule has 3 aromatic carbocycles. The number of anilines is 2. The first-order valence-corrected chi connectivity index (χ1v) is 9.87. The second-order valence-corrected chi connectivity index (χ2v) is 7.37. The van der Waals surface area contributed by atoms with E-state index in [9.17, 15) is 20.2 Å². The van der Waals surface area contributed by atoms with Crippen molar-refractivity contribution in [2.75, 3.05) is 24.4 Å². The van der Waals surface area contributed by atoms with Crippen molar-refractivity contribution in [3.8, 4) is 11.3 Å². The van der Waals surface area contributed by atoms with Gasteiger partial charge in [-0.3, -0.25) is 25.7 Å². The van der Waals surface area contributed by atoms with Crippen molar-refractivity contribution in [1.82, 2.24) is 0 Å². The van der Waals surface area contributed by atoms with Crippen LogP contribution in [0.15, 0.2) is 82.3 Å². The number of nitrogens with zero attached hydrogens (tertiary/aromatic N) is 4. The van der Waals surface area contributed by atoms with E-state index in [-0.39, 0.29) is 11.4 Å². The SMILES string of the molecule is CN(C)c1ccc(-c2c/c(=N\Nc3ccc([N+](=O)[O-])cc3[N+](=O)[O-])c3ccccc3o2)cc1. The second-order valence-electron chi connectivity index (χ2n) is 7.37. The maximum atomic E-state index is 11.4. The lowest BCUT2D eigenvalue weighted by Gasteiger charge is -2.12. The average Bonchev–Trinajstić information content (AvgIpc) is 2.82. The first-order chi connectivity index (χ1) is 15.8. The fourth-order valence-corrected chi connectivity index (χ4v) is 3.28. The zero-order chi connectivity index (χ0) is 23.5. The van der Waals surface area contributed by atoms with E-state index in [0.29, 0.717) is 22.1 Å². The summed E-state index contributed by atoms with van der Waals surface area (Å²) < 4.78 is 6.06. The molecule has 0 amide bonds. The summed E-state index contributed by atoms with van der Waals surface area (Å²) in [5, 5.41) is 27.9. The molecule has 4 aromatic rings. The Labute approximate surface area is 187 Å². The number of benzene rings is 3. The smallest absolute Gasteiger partial charge is 0.301 e. The van der Waals surface area contributed by atoms with Crippen molar-refractivity contribution < 1.29 is 14.3 Å². The molecular weight excluding hydrogens is 426 g/mol. The lowest BCUT2D eigenvalue weighted by atomic mass is 10.1. The topological polar surface area (TPSA) is 127 Å². The molecule has 166 valence electrons. The predicted octanol–water partition coefficient (Wildman–Crippen LogP) is 4.91. The highest BCUT2D eigenvalue weighted by Crippen LogP contribution is 2.29. The largest absolute Gasteiger partial charge is 0.456 e. The van der Waals surface area contributed by atoms with E-state index in [1.807, 2.05) is 61.5 Å². The Balaban J connectivity index is 1.80. The molecule has 0 saturated heterocycles. The van der Waals surface area contributed by atoms with Gasteiger partial charge in [-0.1, -0.05) is 12.1 Å². The Kier molecular flexibility index (Phi) is 5.73. The van der Waals surface area contributed by atoms with E-state index in [2.05, 4.69) is 10.5 Å². The standard InChI is InChI=1S/C23H19N5O5/c1-26(2)16-9-7-15(8-10-16)23-14-20(18-5-3-4-6-22(18)33-23)25-24-19-12-11-17(27(29)30)13-21(19)28(31)32/h3-14,24H,1-2H3/b25-20+. The zero-order valence-electron chi connectivity index (χ0n) is 17.8. The number of fused-ring (bicyclic) bond motifs is 1. The Morgan fingerprint density at radius 3 is 2.30 bits per heavy atom. The molecule has 0 saturated carbocycles. The Morgan fingerprint density at radius 2 is 1.64 bits per heavy atom. The van der Waals surface area contributed by atoms with Crippen molar-refractivity contribution in [1.29, 1.82) is 0 Å². The molecule has 0 aliphatic rings. The van der Waals surface area contributed by atoms with E-state index in [1.54, 1.807) is 12.1 Å². The van der Waals surface area contributed by atoms with E-state index in [0.717, 1.165) is 17.3 Å². The number of hydrogen-bond donors (Lipinski definition) is 1. The normalized spacial score (nSPS) is 11.4. The van der Waals surface area contributed by atoms with Crippen LogP contribution in [0, 0.1) is 20.2 Å². The van der Waals surface area contributed by atoms with Gasteiger partial charge in [-0.2, -0.15) is 5.10 Å². The van der Waals surface area contributed by atoms with Crippen LogP contribution in [0.3, 0.4) is 0 Å². The molecule has 0 unspecified atom stereocenters. The summed E-state index contributed by atoms with van der Waals surface area (Å²) in [5.41, 5.74) is 4.36. The summed E-state index contributed by atoms with van der Waals surface area (Å²) in [6.45, 7) is 0. The number of nitro groups is 2. The lowest BCUT2D eigenvalue weighted by Crippen LogP contribution is -2.09. The highest BCUT2D eigenvalue weighted by molar-refractivity contribution is 5.78. The van der Waals surface area contributed by atoms with Gasteiger partial charge in [0.05, 0.1) is 21.3 Å². The molecule has 1 aromatic heterocycles. The summed E-state index contributed by atoms with van der Waals surface area (Å²) >= 11 is 0. The van der Waals surface area contributed by atoms with Gasteiger partial charge in [-0.05, 0) is 42.5 Å². The number of para-hydroxylation sites is 1. The molecule has 0 aliphatic heterocycles. The van der Waals surface area contributed by atoms with Crippen LogP contribution in [0.5, 0.6) is 0 Å². The third kappa shape index (κ3) is 4.49. The summed E-state index contributed by atoms with van der Waals surface area (Å²) in [5.74, 6) is 0.567. The van der Waals surface area contributed by atoms with Crippen molar-refractivity contribution in [2.45, 2.75) is 0 Å². The molecule has 0 fully saturated rings. The number of non-ortho nitro benzene ring substituents is 1. The van der Waals surface area contributed by atoms with Crippen LogP contribution in [0.2, 0.25) is 0 Å². The molecule has 0 bridgehead atoms. The van der Waals surface area contributed by atoms with Crippen molar-refractivity contribution in [3.63, 3.8) is 0 Å². The van der Waals surface area contributed by atoms with E-state index in [4.69, 9.17) is 4.42 Å². The Morgan fingerprint density at radius 1 is 0.909 bits per heavy atom. The summed E-state index contributed by atoms with van der Waals surface area (Å²) in [4.78, 5) is 23.0. The highest BCUT2D eigenvalue weighted by atomic mass is 16.6. The lowest BCUT2D eigenvalue weighted by molar-refractivity contribution is -0.393. The minimum absolute atomic E-state index is 0.0346. The molecule has 1 heterocycles. The van der Waals surface area contributed by atoms with Gasteiger partial charge in [-0.25, -0.2) is 0 Å². The van der Waals surface area contributed by atoms with E-state index >= 15 is 0 Å². The van der Waals surface area contributed by atoms with Crippen molar-refractivity contribution in [3.05, 3.63) is 98.4 Å². The van der Waals surface area contributed by atoms with Gasteiger partial charge in [-0.15, -0.1) is 0 Å². The third-order valence-electron chi connectivity index (χ3n) is 5.00. The molecular formula is C23H19N5O5. The number of rotatable bonds is 6. The minimum Gasteiger partial charge on any atom is -0.456 e. The molecule has 33 heavy (non-hydrogen) atoms. The van der Waals surface area contributed by atoms with Gasteiger partial charge in [0.1, 0.15) is 17.0 Å². The summed E-state index contributed by atoms with van der Waals surface area (Å²) in [6.07, 6.45) is 0. The summed E-state index contributed by atoms with van der Waals surface area (Å²) in [6, 6.07) is 20.2. The molecule has 0 aliphatic carbocycles. The maximum absolute atomic E-state index is 11.4.